The highest BCUT2D eigenvalue weighted by Gasteiger charge is 2.37. The maximum absolute atomic E-state index is 13.5. The van der Waals surface area contributed by atoms with Crippen LogP contribution in [0.5, 0.6) is 0 Å². The predicted molar refractivity (Wildman–Crippen MR) is 139 cm³/mol. The molecule has 1 N–H and O–H groups in total. The van der Waals surface area contributed by atoms with Crippen molar-refractivity contribution in [2.24, 2.45) is 0 Å². The molecule has 1 atom stereocenters. The smallest absolute Gasteiger partial charge is 0.270 e. The van der Waals surface area contributed by atoms with E-state index in [4.69, 9.17) is 12.2 Å². The number of carbonyl (C=O) groups excluding carboxylic acids is 2. The molecule has 33 heavy (non-hydrogen) atoms. The van der Waals surface area contributed by atoms with Crippen LogP contribution >= 0.6 is 12.2 Å². The maximum atomic E-state index is 13.5. The van der Waals surface area contributed by atoms with E-state index in [1.54, 1.807) is 6.08 Å². The Kier molecular flexibility index (Phi) is 5.91. The summed E-state index contributed by atoms with van der Waals surface area (Å²) in [5.74, 6) is -0.480. The number of amides is 2. The number of hydrogen-bond acceptors (Lipinski definition) is 4. The van der Waals surface area contributed by atoms with Crippen LogP contribution in [0.25, 0.3) is 6.08 Å². The quantitative estimate of drug-likeness (QED) is 0.392. The molecule has 0 saturated carbocycles. The average molecular weight is 462 g/mol. The van der Waals surface area contributed by atoms with Gasteiger partial charge in [0.25, 0.3) is 11.8 Å². The fourth-order valence-electron chi connectivity index (χ4n) is 4.95. The van der Waals surface area contributed by atoms with E-state index in [0.29, 0.717) is 11.6 Å². The van der Waals surface area contributed by atoms with E-state index < -0.39 is 11.8 Å². The first kappa shape index (κ1) is 23.2. The lowest BCUT2D eigenvalue weighted by atomic mass is 9.79. The van der Waals surface area contributed by atoms with Crippen LogP contribution in [0.2, 0.25) is 0 Å². The molecule has 0 spiro atoms. The van der Waals surface area contributed by atoms with Gasteiger partial charge in [0.1, 0.15) is 5.57 Å². The van der Waals surface area contributed by atoms with Crippen LogP contribution in [-0.4, -0.2) is 29.5 Å². The van der Waals surface area contributed by atoms with Crippen molar-refractivity contribution in [3.8, 4) is 0 Å². The minimum atomic E-state index is -0.460. The number of rotatable bonds is 3. The standard InChI is InChI=1S/C27H31N3O2S/c1-7-18-10-8-9-11-22(18)30-25(32)21(24(31)28-26(30)33)14-19-13-20-17(3)15-27(4,5)29(6)23(20)12-16(19)2/h8-14,17H,7,15H2,1-6H3,(H,28,31,33)/b21-14+. The molecule has 2 aromatic rings. The minimum Gasteiger partial charge on any atom is -0.369 e. The SMILES string of the molecule is CCc1ccccc1N1C(=O)/C(=C/c2cc3c(cc2C)N(C)C(C)(C)CC3C)C(=O)NC1=S. The first-order valence-corrected chi connectivity index (χ1v) is 11.8. The lowest BCUT2D eigenvalue weighted by Gasteiger charge is -2.45. The Hall–Kier alpha value is -2.99. The Morgan fingerprint density at radius 2 is 1.88 bits per heavy atom. The van der Waals surface area contributed by atoms with E-state index in [9.17, 15) is 9.59 Å². The molecule has 1 fully saturated rings. The molecule has 0 bridgehead atoms. The van der Waals surface area contributed by atoms with Gasteiger partial charge in [-0.15, -0.1) is 0 Å². The third-order valence-electron chi connectivity index (χ3n) is 7.04. The molecule has 0 radical (unpaired) electrons. The Balaban J connectivity index is 1.79. The summed E-state index contributed by atoms with van der Waals surface area (Å²) in [6, 6.07) is 11.9. The molecular formula is C27H31N3O2S. The van der Waals surface area contributed by atoms with Gasteiger partial charge in [0.15, 0.2) is 5.11 Å². The molecule has 6 heteroatoms. The zero-order chi connectivity index (χ0) is 24.1. The summed E-state index contributed by atoms with van der Waals surface area (Å²) >= 11 is 5.38. The Morgan fingerprint density at radius 1 is 1.18 bits per heavy atom. The first-order valence-electron chi connectivity index (χ1n) is 11.4. The average Bonchev–Trinajstić information content (AvgIpc) is 2.75. The van der Waals surface area contributed by atoms with Crippen molar-refractivity contribution in [2.75, 3.05) is 16.8 Å². The minimum absolute atomic E-state index is 0.0704. The van der Waals surface area contributed by atoms with Crippen LogP contribution < -0.4 is 15.1 Å². The van der Waals surface area contributed by atoms with Gasteiger partial charge in [0, 0.05) is 18.3 Å². The molecule has 4 rings (SSSR count). The van der Waals surface area contributed by atoms with Gasteiger partial charge in [-0.25, -0.2) is 0 Å². The van der Waals surface area contributed by atoms with Crippen LogP contribution in [-0.2, 0) is 16.0 Å². The fourth-order valence-corrected chi connectivity index (χ4v) is 5.22. The molecule has 5 nitrogen and oxygen atoms in total. The first-order chi connectivity index (χ1) is 15.5. The third kappa shape index (κ3) is 3.97. The maximum Gasteiger partial charge on any atom is 0.270 e. The zero-order valence-corrected chi connectivity index (χ0v) is 21.0. The molecule has 0 aliphatic carbocycles. The molecule has 2 aromatic carbocycles. The number of anilines is 2. The molecule has 172 valence electrons. The summed E-state index contributed by atoms with van der Waals surface area (Å²) in [5, 5.41) is 2.82. The Bertz CT molecular complexity index is 1200. The predicted octanol–water partition coefficient (Wildman–Crippen LogP) is 5.11. The van der Waals surface area contributed by atoms with Crippen LogP contribution in [0.15, 0.2) is 42.0 Å². The van der Waals surface area contributed by atoms with Crippen molar-refractivity contribution < 1.29 is 9.59 Å². The molecule has 2 heterocycles. The van der Waals surface area contributed by atoms with Crippen molar-refractivity contribution in [3.63, 3.8) is 0 Å². The number of hydrogen-bond donors (Lipinski definition) is 1. The van der Waals surface area contributed by atoms with Gasteiger partial charge in [-0.2, -0.15) is 0 Å². The van der Waals surface area contributed by atoms with Crippen LogP contribution in [0, 0.1) is 6.92 Å². The van der Waals surface area contributed by atoms with E-state index >= 15 is 0 Å². The highest BCUT2D eigenvalue weighted by atomic mass is 32.1. The van der Waals surface area contributed by atoms with Crippen molar-refractivity contribution in [1.29, 1.82) is 0 Å². The van der Waals surface area contributed by atoms with E-state index in [-0.39, 0.29) is 16.2 Å². The molecule has 2 amide bonds. The second-order valence-electron chi connectivity index (χ2n) is 9.68. The summed E-state index contributed by atoms with van der Waals surface area (Å²) in [6.07, 6.45) is 3.50. The molecule has 1 unspecified atom stereocenters. The lowest BCUT2D eigenvalue weighted by molar-refractivity contribution is -0.122. The molecular weight excluding hydrogens is 430 g/mol. The normalized spacial score (nSPS) is 21.3. The number of thiocarbonyl (C=S) groups is 1. The number of benzene rings is 2. The number of nitrogens with one attached hydrogen (secondary N) is 1. The number of fused-ring (bicyclic) bond motifs is 1. The number of para-hydroxylation sites is 1. The number of nitrogens with zero attached hydrogens (tertiary/aromatic N) is 2. The number of aryl methyl sites for hydroxylation is 2. The molecule has 0 aromatic heterocycles. The summed E-state index contributed by atoms with van der Waals surface area (Å²) in [4.78, 5) is 30.1. The molecule has 2 aliphatic heterocycles. The summed E-state index contributed by atoms with van der Waals surface area (Å²) in [7, 11) is 2.13. The van der Waals surface area contributed by atoms with Gasteiger partial charge in [0.2, 0.25) is 0 Å². The second-order valence-corrected chi connectivity index (χ2v) is 10.1. The van der Waals surface area contributed by atoms with Gasteiger partial charge in [-0.3, -0.25) is 19.8 Å². The molecule has 2 aliphatic rings. The van der Waals surface area contributed by atoms with E-state index in [2.05, 4.69) is 50.2 Å². The fraction of sp³-hybridized carbons (Fsp3) is 0.370. The van der Waals surface area contributed by atoms with E-state index in [0.717, 1.165) is 29.5 Å². The topological polar surface area (TPSA) is 52.7 Å². The van der Waals surface area contributed by atoms with Crippen LogP contribution in [0.3, 0.4) is 0 Å². The van der Waals surface area contributed by atoms with Gasteiger partial charge in [-0.05, 0) is 98.3 Å². The lowest BCUT2D eigenvalue weighted by Crippen LogP contribution is -2.54. The Morgan fingerprint density at radius 3 is 2.58 bits per heavy atom. The highest BCUT2D eigenvalue weighted by Crippen LogP contribution is 2.43. The van der Waals surface area contributed by atoms with Gasteiger partial charge < -0.3 is 4.90 Å². The third-order valence-corrected chi connectivity index (χ3v) is 7.32. The van der Waals surface area contributed by atoms with Crippen molar-refractivity contribution in [3.05, 3.63) is 64.2 Å². The van der Waals surface area contributed by atoms with Gasteiger partial charge in [0.05, 0.1) is 5.69 Å². The summed E-state index contributed by atoms with van der Waals surface area (Å²) < 4.78 is 0. The van der Waals surface area contributed by atoms with Crippen molar-refractivity contribution >= 4 is 46.6 Å². The number of carbonyl (C=O) groups is 2. The molecule has 1 saturated heterocycles. The summed E-state index contributed by atoms with van der Waals surface area (Å²) in [6.45, 7) is 10.8. The highest BCUT2D eigenvalue weighted by molar-refractivity contribution is 7.80. The zero-order valence-electron chi connectivity index (χ0n) is 20.2. The van der Waals surface area contributed by atoms with Crippen LogP contribution in [0.1, 0.15) is 62.3 Å². The van der Waals surface area contributed by atoms with Gasteiger partial charge >= 0.3 is 0 Å². The van der Waals surface area contributed by atoms with Crippen molar-refractivity contribution in [2.45, 2.75) is 58.9 Å². The second kappa shape index (κ2) is 8.41. The largest absolute Gasteiger partial charge is 0.369 e. The van der Waals surface area contributed by atoms with Gasteiger partial charge in [-0.1, -0.05) is 32.0 Å². The van der Waals surface area contributed by atoms with Crippen molar-refractivity contribution in [1.82, 2.24) is 5.32 Å². The van der Waals surface area contributed by atoms with E-state index in [1.165, 1.54) is 16.2 Å². The summed E-state index contributed by atoms with van der Waals surface area (Å²) in [5.41, 5.74) is 6.21. The monoisotopic (exact) mass is 461 g/mol. The van der Waals surface area contributed by atoms with Crippen LogP contribution in [0.4, 0.5) is 11.4 Å². The van der Waals surface area contributed by atoms with E-state index in [1.807, 2.05) is 38.1 Å². The Labute approximate surface area is 201 Å².